The molecular weight excluding hydrogens is 304 g/mol. The highest BCUT2D eigenvalue weighted by molar-refractivity contribution is 5.96. The van der Waals surface area contributed by atoms with Crippen molar-refractivity contribution in [1.82, 2.24) is 5.32 Å². The number of nitrogen functional groups attached to an aromatic ring is 1. The maximum Gasteiger partial charge on any atom is 0.305 e. The van der Waals surface area contributed by atoms with Gasteiger partial charge in [-0.3, -0.25) is 9.59 Å². The lowest BCUT2D eigenvalue weighted by Gasteiger charge is -2.19. The summed E-state index contributed by atoms with van der Waals surface area (Å²) in [6, 6.07) is 14.5. The van der Waals surface area contributed by atoms with Gasteiger partial charge in [0.15, 0.2) is 0 Å². The fourth-order valence-corrected chi connectivity index (χ4v) is 2.49. The van der Waals surface area contributed by atoms with Crippen molar-refractivity contribution in [3.8, 4) is 0 Å². The van der Waals surface area contributed by atoms with Crippen LogP contribution in [-0.2, 0) is 9.53 Å². The van der Waals surface area contributed by atoms with Gasteiger partial charge in [-0.05, 0) is 36.6 Å². The van der Waals surface area contributed by atoms with Crippen molar-refractivity contribution in [2.45, 2.75) is 25.8 Å². The number of hydrogen-bond donors (Lipinski definition) is 2. The Morgan fingerprint density at radius 3 is 2.54 bits per heavy atom. The third-order valence-corrected chi connectivity index (χ3v) is 3.88. The third kappa shape index (κ3) is 4.59. The quantitative estimate of drug-likeness (QED) is 0.631. The summed E-state index contributed by atoms with van der Waals surface area (Å²) in [7, 11) is 1.36. The summed E-state index contributed by atoms with van der Waals surface area (Å²) in [6.07, 6.45) is 0.691. The monoisotopic (exact) mass is 326 g/mol. The Balaban J connectivity index is 2.19. The normalized spacial score (nSPS) is 11.6. The van der Waals surface area contributed by atoms with Crippen molar-refractivity contribution in [3.05, 3.63) is 65.2 Å². The van der Waals surface area contributed by atoms with Gasteiger partial charge in [0, 0.05) is 17.7 Å². The standard InChI is InChI=1S/C19H22N2O3/c1-13-8-9-15(20)12-16(13)19(23)21-17(10-11-18(22)24-2)14-6-4-3-5-7-14/h3-9,12,17H,10-11,20H2,1-2H3,(H,21,23). The fraction of sp³-hybridized carbons (Fsp3) is 0.263. The van der Waals surface area contributed by atoms with Gasteiger partial charge in [-0.1, -0.05) is 36.4 Å². The second-order valence-electron chi connectivity index (χ2n) is 5.63. The Hall–Kier alpha value is -2.82. The number of esters is 1. The van der Waals surface area contributed by atoms with Crippen LogP contribution in [-0.4, -0.2) is 19.0 Å². The number of nitrogens with one attached hydrogen (secondary N) is 1. The number of amides is 1. The number of methoxy groups -OCH3 is 1. The Morgan fingerprint density at radius 2 is 1.88 bits per heavy atom. The minimum Gasteiger partial charge on any atom is -0.469 e. The molecule has 0 aromatic heterocycles. The van der Waals surface area contributed by atoms with E-state index in [9.17, 15) is 9.59 Å². The predicted molar refractivity (Wildman–Crippen MR) is 93.5 cm³/mol. The van der Waals surface area contributed by atoms with E-state index in [1.54, 1.807) is 12.1 Å². The molecule has 126 valence electrons. The van der Waals surface area contributed by atoms with Gasteiger partial charge in [0.05, 0.1) is 13.2 Å². The number of nitrogens with two attached hydrogens (primary N) is 1. The zero-order valence-electron chi connectivity index (χ0n) is 13.9. The first-order valence-electron chi connectivity index (χ1n) is 7.80. The van der Waals surface area contributed by atoms with Crippen molar-refractivity contribution in [1.29, 1.82) is 0 Å². The zero-order chi connectivity index (χ0) is 17.5. The van der Waals surface area contributed by atoms with E-state index in [1.165, 1.54) is 7.11 Å². The van der Waals surface area contributed by atoms with E-state index in [-0.39, 0.29) is 24.3 Å². The summed E-state index contributed by atoms with van der Waals surface area (Å²) in [4.78, 5) is 24.1. The molecule has 5 nitrogen and oxygen atoms in total. The molecule has 2 aromatic rings. The first kappa shape index (κ1) is 17.5. The highest BCUT2D eigenvalue weighted by atomic mass is 16.5. The lowest BCUT2D eigenvalue weighted by atomic mass is 10.0. The molecule has 1 unspecified atom stereocenters. The molecule has 0 spiro atoms. The summed E-state index contributed by atoms with van der Waals surface area (Å²) in [5.41, 5.74) is 8.65. The minimum absolute atomic E-state index is 0.210. The van der Waals surface area contributed by atoms with Crippen molar-refractivity contribution in [2.75, 3.05) is 12.8 Å². The van der Waals surface area contributed by atoms with Gasteiger partial charge in [-0.2, -0.15) is 0 Å². The number of benzene rings is 2. The number of carbonyl (C=O) groups is 2. The minimum atomic E-state index is -0.301. The summed E-state index contributed by atoms with van der Waals surface area (Å²) >= 11 is 0. The van der Waals surface area contributed by atoms with Crippen LogP contribution in [0.5, 0.6) is 0 Å². The lowest BCUT2D eigenvalue weighted by Crippen LogP contribution is -2.29. The molecule has 2 rings (SSSR count). The van der Waals surface area contributed by atoms with Crippen LogP contribution in [0.1, 0.15) is 40.4 Å². The van der Waals surface area contributed by atoms with Crippen LogP contribution < -0.4 is 11.1 Å². The van der Waals surface area contributed by atoms with Crippen LogP contribution in [0.3, 0.4) is 0 Å². The van der Waals surface area contributed by atoms with Crippen LogP contribution in [0.15, 0.2) is 48.5 Å². The summed E-state index contributed by atoms with van der Waals surface area (Å²) < 4.78 is 4.69. The van der Waals surface area contributed by atoms with Gasteiger partial charge in [-0.15, -0.1) is 0 Å². The molecule has 0 heterocycles. The van der Waals surface area contributed by atoms with Gasteiger partial charge in [0.25, 0.3) is 5.91 Å². The topological polar surface area (TPSA) is 81.4 Å². The molecule has 0 bridgehead atoms. The number of ether oxygens (including phenoxy) is 1. The molecule has 0 aliphatic carbocycles. The SMILES string of the molecule is COC(=O)CCC(NC(=O)c1cc(N)ccc1C)c1ccccc1. The average molecular weight is 326 g/mol. The van der Waals surface area contributed by atoms with Crippen LogP contribution in [0.4, 0.5) is 5.69 Å². The average Bonchev–Trinajstić information content (AvgIpc) is 2.60. The first-order chi connectivity index (χ1) is 11.5. The van der Waals surface area contributed by atoms with E-state index in [0.29, 0.717) is 17.7 Å². The predicted octanol–water partition coefficient (Wildman–Crippen LogP) is 3.00. The Morgan fingerprint density at radius 1 is 1.17 bits per heavy atom. The largest absolute Gasteiger partial charge is 0.469 e. The van der Waals surface area contributed by atoms with Crippen LogP contribution in [0.2, 0.25) is 0 Å². The highest BCUT2D eigenvalue weighted by Crippen LogP contribution is 2.21. The molecular formula is C19H22N2O3. The van der Waals surface area contributed by atoms with Crippen molar-refractivity contribution >= 4 is 17.6 Å². The fourth-order valence-electron chi connectivity index (χ4n) is 2.49. The molecule has 0 aliphatic rings. The summed E-state index contributed by atoms with van der Waals surface area (Å²) in [6.45, 7) is 1.86. The van der Waals surface area contributed by atoms with E-state index < -0.39 is 0 Å². The Bertz CT molecular complexity index is 714. The second kappa shape index (κ2) is 8.15. The highest BCUT2D eigenvalue weighted by Gasteiger charge is 2.18. The van der Waals surface area contributed by atoms with Crippen LogP contribution in [0, 0.1) is 6.92 Å². The van der Waals surface area contributed by atoms with E-state index >= 15 is 0 Å². The molecule has 0 saturated heterocycles. The van der Waals surface area contributed by atoms with Crippen LogP contribution >= 0.6 is 0 Å². The number of anilines is 1. The van der Waals surface area contributed by atoms with Crippen molar-refractivity contribution in [3.63, 3.8) is 0 Å². The number of rotatable bonds is 6. The molecule has 24 heavy (non-hydrogen) atoms. The smallest absolute Gasteiger partial charge is 0.305 e. The molecule has 0 fully saturated rings. The van der Waals surface area contributed by atoms with E-state index in [1.807, 2.05) is 43.3 Å². The first-order valence-corrected chi connectivity index (χ1v) is 7.80. The number of hydrogen-bond acceptors (Lipinski definition) is 4. The summed E-state index contributed by atoms with van der Waals surface area (Å²) in [5, 5.41) is 2.99. The third-order valence-electron chi connectivity index (χ3n) is 3.88. The van der Waals surface area contributed by atoms with E-state index in [0.717, 1.165) is 11.1 Å². The van der Waals surface area contributed by atoms with E-state index in [4.69, 9.17) is 10.5 Å². The van der Waals surface area contributed by atoms with Crippen molar-refractivity contribution < 1.29 is 14.3 Å². The van der Waals surface area contributed by atoms with Crippen LogP contribution in [0.25, 0.3) is 0 Å². The second-order valence-corrected chi connectivity index (χ2v) is 5.63. The lowest BCUT2D eigenvalue weighted by molar-refractivity contribution is -0.140. The van der Waals surface area contributed by atoms with Gasteiger partial charge < -0.3 is 15.8 Å². The molecule has 0 saturated carbocycles. The van der Waals surface area contributed by atoms with Crippen molar-refractivity contribution in [2.24, 2.45) is 0 Å². The molecule has 3 N–H and O–H groups in total. The molecule has 2 aromatic carbocycles. The zero-order valence-corrected chi connectivity index (χ0v) is 13.9. The molecule has 5 heteroatoms. The van der Waals surface area contributed by atoms with Gasteiger partial charge >= 0.3 is 5.97 Å². The number of carbonyl (C=O) groups excluding carboxylic acids is 2. The number of aryl methyl sites for hydroxylation is 1. The van der Waals surface area contributed by atoms with Gasteiger partial charge in [-0.25, -0.2) is 0 Å². The molecule has 0 aliphatic heterocycles. The van der Waals surface area contributed by atoms with Gasteiger partial charge in [0.1, 0.15) is 0 Å². The van der Waals surface area contributed by atoms with E-state index in [2.05, 4.69) is 5.32 Å². The molecule has 1 atom stereocenters. The maximum atomic E-state index is 12.6. The van der Waals surface area contributed by atoms with Gasteiger partial charge in [0.2, 0.25) is 0 Å². The maximum absolute atomic E-state index is 12.6. The molecule has 1 amide bonds. The Kier molecular flexibility index (Phi) is 5.95. The Labute approximate surface area is 141 Å². The molecule has 0 radical (unpaired) electrons. The summed E-state index contributed by atoms with van der Waals surface area (Å²) in [5.74, 6) is -0.510.